The first-order valence-electron chi connectivity index (χ1n) is 7.57. The zero-order valence-electron chi connectivity index (χ0n) is 14.5. The minimum atomic E-state index is -3.47. The molecule has 0 spiro atoms. The lowest BCUT2D eigenvalue weighted by molar-refractivity contribution is -0.384. The summed E-state index contributed by atoms with van der Waals surface area (Å²) in [5.41, 5.74) is 1.06. The Balaban J connectivity index is 2.11. The Bertz CT molecular complexity index is 1000. The lowest BCUT2D eigenvalue weighted by Gasteiger charge is -2.11. The number of non-ortho nitro benzene ring substituents is 1. The molecule has 0 heterocycles. The first-order valence-corrected chi connectivity index (χ1v) is 9.46. The van der Waals surface area contributed by atoms with E-state index in [0.29, 0.717) is 11.3 Å². The van der Waals surface area contributed by atoms with E-state index in [2.05, 4.69) is 10.0 Å². The summed E-state index contributed by atoms with van der Waals surface area (Å²) in [7, 11) is -2.10. The van der Waals surface area contributed by atoms with Crippen LogP contribution in [0.1, 0.15) is 5.56 Å². The third-order valence-electron chi connectivity index (χ3n) is 3.27. The van der Waals surface area contributed by atoms with E-state index >= 15 is 0 Å². The smallest absolute Gasteiger partial charge is 0.270 e. The number of ether oxygens (including phenoxy) is 1. The fraction of sp³-hybridized carbons (Fsp3) is 0.118. The minimum absolute atomic E-state index is 0.0729. The van der Waals surface area contributed by atoms with E-state index in [1.165, 1.54) is 55.7 Å². The maximum atomic E-state index is 12.0. The van der Waals surface area contributed by atoms with Gasteiger partial charge in [0.15, 0.2) is 0 Å². The standard InChI is InChI=1S/C17H17N3O6S/c1-26-16-11-13(7-8-15(16)19-27(2,24)25)18-17(21)9-6-12-4-3-5-14(10-12)20(22)23/h3-11,19H,1-2H3,(H,18,21)/b9-6+. The number of sulfonamides is 1. The zero-order chi connectivity index (χ0) is 20.0. The van der Waals surface area contributed by atoms with Crippen molar-refractivity contribution in [2.75, 3.05) is 23.4 Å². The number of amides is 1. The van der Waals surface area contributed by atoms with Crippen LogP contribution < -0.4 is 14.8 Å². The average Bonchev–Trinajstić information content (AvgIpc) is 2.60. The van der Waals surface area contributed by atoms with Gasteiger partial charge in [-0.05, 0) is 23.8 Å². The van der Waals surface area contributed by atoms with Gasteiger partial charge in [-0.1, -0.05) is 12.1 Å². The Hall–Kier alpha value is -3.40. The summed E-state index contributed by atoms with van der Waals surface area (Å²) in [5, 5.41) is 13.4. The van der Waals surface area contributed by atoms with Crippen molar-refractivity contribution in [1.82, 2.24) is 0 Å². The van der Waals surface area contributed by atoms with E-state index in [1.54, 1.807) is 6.07 Å². The molecular formula is C17H17N3O6S. The summed E-state index contributed by atoms with van der Waals surface area (Å²) >= 11 is 0. The van der Waals surface area contributed by atoms with Gasteiger partial charge in [-0.3, -0.25) is 19.6 Å². The number of nitrogens with one attached hydrogen (secondary N) is 2. The van der Waals surface area contributed by atoms with Crippen molar-refractivity contribution in [3.8, 4) is 5.75 Å². The monoisotopic (exact) mass is 391 g/mol. The molecule has 0 radical (unpaired) electrons. The Kier molecular flexibility index (Phi) is 6.14. The van der Waals surface area contributed by atoms with Gasteiger partial charge in [-0.25, -0.2) is 8.42 Å². The number of nitrogens with zero attached hydrogens (tertiary/aromatic N) is 1. The number of anilines is 2. The van der Waals surface area contributed by atoms with Crippen molar-refractivity contribution in [2.45, 2.75) is 0 Å². The van der Waals surface area contributed by atoms with Crippen molar-refractivity contribution in [3.63, 3.8) is 0 Å². The predicted molar refractivity (Wildman–Crippen MR) is 102 cm³/mol. The molecule has 10 heteroatoms. The highest BCUT2D eigenvalue weighted by Gasteiger charge is 2.10. The van der Waals surface area contributed by atoms with Crippen LogP contribution in [0.2, 0.25) is 0 Å². The molecule has 0 fully saturated rings. The number of nitro groups is 1. The summed E-state index contributed by atoms with van der Waals surface area (Å²) in [4.78, 5) is 22.3. The van der Waals surface area contributed by atoms with Crippen LogP contribution in [0.15, 0.2) is 48.5 Å². The van der Waals surface area contributed by atoms with Crippen molar-refractivity contribution in [1.29, 1.82) is 0 Å². The van der Waals surface area contributed by atoms with Gasteiger partial charge in [0.2, 0.25) is 15.9 Å². The minimum Gasteiger partial charge on any atom is -0.494 e. The van der Waals surface area contributed by atoms with Crippen LogP contribution in [-0.2, 0) is 14.8 Å². The Morgan fingerprint density at radius 2 is 1.96 bits per heavy atom. The van der Waals surface area contributed by atoms with Gasteiger partial charge >= 0.3 is 0 Å². The fourth-order valence-electron chi connectivity index (χ4n) is 2.15. The topological polar surface area (TPSA) is 128 Å². The summed E-state index contributed by atoms with van der Waals surface area (Å²) in [6.45, 7) is 0. The second kappa shape index (κ2) is 8.32. The second-order valence-electron chi connectivity index (χ2n) is 5.46. The molecule has 0 saturated carbocycles. The van der Waals surface area contributed by atoms with E-state index in [0.717, 1.165) is 6.26 Å². The van der Waals surface area contributed by atoms with Gasteiger partial charge in [-0.15, -0.1) is 0 Å². The van der Waals surface area contributed by atoms with Gasteiger partial charge in [0.25, 0.3) is 5.69 Å². The number of carbonyl (C=O) groups excluding carboxylic acids is 1. The lowest BCUT2D eigenvalue weighted by Crippen LogP contribution is -2.11. The van der Waals surface area contributed by atoms with Crippen LogP contribution in [-0.4, -0.2) is 32.6 Å². The molecule has 9 nitrogen and oxygen atoms in total. The molecule has 2 aromatic carbocycles. The van der Waals surface area contributed by atoms with Gasteiger partial charge in [0, 0.05) is 30.0 Å². The average molecular weight is 391 g/mol. The molecule has 0 atom stereocenters. The molecule has 0 bridgehead atoms. The molecule has 27 heavy (non-hydrogen) atoms. The van der Waals surface area contributed by atoms with E-state index in [1.807, 2.05) is 0 Å². The van der Waals surface area contributed by atoms with Gasteiger partial charge in [0.05, 0.1) is 24.0 Å². The Morgan fingerprint density at radius 1 is 1.22 bits per heavy atom. The normalized spacial score (nSPS) is 11.2. The van der Waals surface area contributed by atoms with Crippen molar-refractivity contribution in [3.05, 3.63) is 64.2 Å². The van der Waals surface area contributed by atoms with E-state index in [-0.39, 0.29) is 17.1 Å². The van der Waals surface area contributed by atoms with E-state index < -0.39 is 20.9 Å². The largest absolute Gasteiger partial charge is 0.494 e. The third-order valence-corrected chi connectivity index (χ3v) is 3.86. The maximum Gasteiger partial charge on any atom is 0.270 e. The predicted octanol–water partition coefficient (Wildman–Crippen LogP) is 2.63. The number of nitro benzene ring substituents is 1. The van der Waals surface area contributed by atoms with Gasteiger partial charge in [-0.2, -0.15) is 0 Å². The molecule has 2 aromatic rings. The number of rotatable bonds is 7. The van der Waals surface area contributed by atoms with Crippen LogP contribution in [0, 0.1) is 10.1 Å². The molecule has 0 aromatic heterocycles. The molecular weight excluding hydrogens is 374 g/mol. The SMILES string of the molecule is COc1cc(NC(=O)/C=C/c2cccc([N+](=O)[O-])c2)ccc1NS(C)(=O)=O. The highest BCUT2D eigenvalue weighted by atomic mass is 32.2. The van der Waals surface area contributed by atoms with Crippen LogP contribution >= 0.6 is 0 Å². The highest BCUT2D eigenvalue weighted by Crippen LogP contribution is 2.28. The molecule has 0 aliphatic rings. The number of carbonyl (C=O) groups is 1. The number of hydrogen-bond acceptors (Lipinski definition) is 6. The van der Waals surface area contributed by atoms with Crippen LogP contribution in [0.25, 0.3) is 6.08 Å². The van der Waals surface area contributed by atoms with Crippen LogP contribution in [0.4, 0.5) is 17.1 Å². The van der Waals surface area contributed by atoms with Gasteiger partial charge in [0.1, 0.15) is 5.75 Å². The molecule has 0 aliphatic heterocycles. The fourth-order valence-corrected chi connectivity index (χ4v) is 2.72. The van der Waals surface area contributed by atoms with Crippen molar-refractivity contribution >= 4 is 39.1 Å². The summed E-state index contributed by atoms with van der Waals surface area (Å²) in [6.07, 6.45) is 3.69. The maximum absolute atomic E-state index is 12.0. The summed E-state index contributed by atoms with van der Waals surface area (Å²) in [6, 6.07) is 10.3. The van der Waals surface area contributed by atoms with Crippen molar-refractivity contribution in [2.24, 2.45) is 0 Å². The lowest BCUT2D eigenvalue weighted by atomic mass is 10.2. The Labute approximate surface area is 155 Å². The van der Waals surface area contributed by atoms with E-state index in [4.69, 9.17) is 4.74 Å². The second-order valence-corrected chi connectivity index (χ2v) is 7.21. The molecule has 1 amide bonds. The van der Waals surface area contributed by atoms with Crippen LogP contribution in [0.3, 0.4) is 0 Å². The van der Waals surface area contributed by atoms with Crippen LogP contribution in [0.5, 0.6) is 5.75 Å². The molecule has 142 valence electrons. The van der Waals surface area contributed by atoms with Crippen molar-refractivity contribution < 1.29 is 22.9 Å². The zero-order valence-corrected chi connectivity index (χ0v) is 15.3. The number of hydrogen-bond donors (Lipinski definition) is 2. The summed E-state index contributed by atoms with van der Waals surface area (Å²) in [5.74, 6) is -0.228. The molecule has 2 N–H and O–H groups in total. The first-order chi connectivity index (χ1) is 12.7. The number of benzene rings is 2. The molecule has 0 saturated heterocycles. The Morgan fingerprint density at radius 3 is 2.59 bits per heavy atom. The molecule has 0 aliphatic carbocycles. The van der Waals surface area contributed by atoms with E-state index in [9.17, 15) is 23.3 Å². The molecule has 0 unspecified atom stereocenters. The first kappa shape index (κ1) is 19.9. The van der Waals surface area contributed by atoms with Gasteiger partial charge < -0.3 is 10.1 Å². The molecule has 2 rings (SSSR count). The highest BCUT2D eigenvalue weighted by molar-refractivity contribution is 7.92. The quantitative estimate of drug-likeness (QED) is 0.424. The third kappa shape index (κ3) is 6.12. The summed E-state index contributed by atoms with van der Waals surface area (Å²) < 4.78 is 30.1. The number of methoxy groups -OCH3 is 1.